The molecule has 1 aromatic heterocycles. The first-order valence-corrected chi connectivity index (χ1v) is 7.96. The van der Waals surface area contributed by atoms with Crippen LogP contribution in [-0.2, 0) is 4.74 Å². The summed E-state index contributed by atoms with van der Waals surface area (Å²) in [5.74, 6) is 0.847. The zero-order valence-corrected chi connectivity index (χ0v) is 13.5. The van der Waals surface area contributed by atoms with Crippen LogP contribution in [-0.4, -0.2) is 37.1 Å². The van der Waals surface area contributed by atoms with Crippen molar-refractivity contribution >= 4 is 16.9 Å². The topological polar surface area (TPSA) is 42.7 Å². The van der Waals surface area contributed by atoms with E-state index in [0.717, 1.165) is 37.1 Å². The van der Waals surface area contributed by atoms with Gasteiger partial charge in [-0.25, -0.2) is 0 Å². The number of rotatable bonds is 4. The molecule has 1 aromatic carbocycles. The predicted octanol–water partition coefficient (Wildman–Crippen LogP) is 3.55. The molecule has 4 heteroatoms. The number of carbonyl (C=O) groups is 1. The monoisotopic (exact) mass is 301 g/mol. The Morgan fingerprint density at radius 1 is 1.27 bits per heavy atom. The lowest BCUT2D eigenvalue weighted by molar-refractivity contribution is 0.0701. The van der Waals surface area contributed by atoms with Crippen LogP contribution in [0.2, 0.25) is 0 Å². The molecule has 1 aliphatic rings. The van der Waals surface area contributed by atoms with Gasteiger partial charge >= 0.3 is 0 Å². The lowest BCUT2D eigenvalue weighted by atomic mass is 10.1. The normalized spacial score (nSPS) is 18.0. The van der Waals surface area contributed by atoms with E-state index in [2.05, 4.69) is 19.9 Å². The minimum atomic E-state index is -0.0269. The molecule has 1 amide bonds. The van der Waals surface area contributed by atoms with Gasteiger partial charge in [-0.1, -0.05) is 0 Å². The standard InChI is InChI=1S/C18H23NO3/c1-4-19(10-14-5-6-21-11-14)18(20)17-9-15-7-12(2)13(3)8-16(15)22-17/h7-9,14H,4-6,10-11H2,1-3H3/t14-/m0/s1. The first-order chi connectivity index (χ1) is 10.6. The van der Waals surface area contributed by atoms with Gasteiger partial charge in [0.2, 0.25) is 0 Å². The van der Waals surface area contributed by atoms with E-state index in [1.165, 1.54) is 11.1 Å². The van der Waals surface area contributed by atoms with E-state index < -0.39 is 0 Å². The van der Waals surface area contributed by atoms with Crippen LogP contribution in [0.5, 0.6) is 0 Å². The van der Waals surface area contributed by atoms with Gasteiger partial charge < -0.3 is 14.1 Å². The molecule has 0 radical (unpaired) electrons. The van der Waals surface area contributed by atoms with E-state index in [1.807, 2.05) is 24.0 Å². The number of aryl methyl sites for hydroxylation is 2. The number of amides is 1. The van der Waals surface area contributed by atoms with Gasteiger partial charge in [-0.3, -0.25) is 4.79 Å². The second-order valence-electron chi connectivity index (χ2n) is 6.16. The van der Waals surface area contributed by atoms with E-state index in [-0.39, 0.29) is 5.91 Å². The van der Waals surface area contributed by atoms with Crippen molar-refractivity contribution in [3.05, 3.63) is 35.1 Å². The summed E-state index contributed by atoms with van der Waals surface area (Å²) in [5.41, 5.74) is 3.17. The molecule has 1 fully saturated rings. The van der Waals surface area contributed by atoms with Gasteiger partial charge in [-0.2, -0.15) is 0 Å². The van der Waals surface area contributed by atoms with Crippen molar-refractivity contribution in [2.75, 3.05) is 26.3 Å². The Morgan fingerprint density at radius 2 is 2.05 bits per heavy atom. The largest absolute Gasteiger partial charge is 0.451 e. The highest BCUT2D eigenvalue weighted by Gasteiger charge is 2.24. The van der Waals surface area contributed by atoms with Crippen LogP contribution in [0.15, 0.2) is 22.6 Å². The summed E-state index contributed by atoms with van der Waals surface area (Å²) in [6, 6.07) is 5.94. The Balaban J connectivity index is 1.83. The maximum Gasteiger partial charge on any atom is 0.289 e. The highest BCUT2D eigenvalue weighted by molar-refractivity contribution is 5.96. The Bertz CT molecular complexity index is 644. The Morgan fingerprint density at radius 3 is 2.73 bits per heavy atom. The fourth-order valence-electron chi connectivity index (χ4n) is 2.96. The third-order valence-electron chi connectivity index (χ3n) is 4.51. The molecule has 118 valence electrons. The van der Waals surface area contributed by atoms with Crippen LogP contribution in [0.4, 0.5) is 0 Å². The summed E-state index contributed by atoms with van der Waals surface area (Å²) in [5, 5.41) is 0.992. The first-order valence-electron chi connectivity index (χ1n) is 7.96. The molecule has 0 unspecified atom stereocenters. The lowest BCUT2D eigenvalue weighted by Gasteiger charge is -2.22. The molecule has 1 aliphatic heterocycles. The zero-order chi connectivity index (χ0) is 15.7. The summed E-state index contributed by atoms with van der Waals surface area (Å²) in [6.45, 7) is 9.11. The molecule has 0 spiro atoms. The fourth-order valence-corrected chi connectivity index (χ4v) is 2.96. The minimum Gasteiger partial charge on any atom is -0.451 e. The van der Waals surface area contributed by atoms with Crippen LogP contribution in [0, 0.1) is 19.8 Å². The van der Waals surface area contributed by atoms with Gasteiger partial charge in [-0.15, -0.1) is 0 Å². The molecule has 0 aliphatic carbocycles. The quantitative estimate of drug-likeness (QED) is 0.867. The van der Waals surface area contributed by atoms with Gasteiger partial charge in [0.15, 0.2) is 5.76 Å². The van der Waals surface area contributed by atoms with Crippen molar-refractivity contribution in [1.82, 2.24) is 4.90 Å². The summed E-state index contributed by atoms with van der Waals surface area (Å²) >= 11 is 0. The molecule has 2 heterocycles. The number of ether oxygens (including phenoxy) is 1. The van der Waals surface area contributed by atoms with Crippen LogP contribution in [0.1, 0.15) is 35.0 Å². The summed E-state index contributed by atoms with van der Waals surface area (Å²) < 4.78 is 11.2. The lowest BCUT2D eigenvalue weighted by Crippen LogP contribution is -2.35. The second kappa shape index (κ2) is 6.13. The number of nitrogens with zero attached hydrogens (tertiary/aromatic N) is 1. The van der Waals surface area contributed by atoms with Gasteiger partial charge in [0.1, 0.15) is 5.58 Å². The van der Waals surface area contributed by atoms with Crippen molar-refractivity contribution in [2.45, 2.75) is 27.2 Å². The highest BCUT2D eigenvalue weighted by Crippen LogP contribution is 2.24. The molecule has 1 atom stereocenters. The number of fused-ring (bicyclic) bond motifs is 1. The number of hydrogen-bond donors (Lipinski definition) is 0. The van der Waals surface area contributed by atoms with Gasteiger partial charge in [0.25, 0.3) is 5.91 Å². The second-order valence-corrected chi connectivity index (χ2v) is 6.16. The van der Waals surface area contributed by atoms with E-state index >= 15 is 0 Å². The predicted molar refractivity (Wildman–Crippen MR) is 86.2 cm³/mol. The number of benzene rings is 1. The van der Waals surface area contributed by atoms with Crippen molar-refractivity contribution in [1.29, 1.82) is 0 Å². The number of carbonyl (C=O) groups excluding carboxylic acids is 1. The minimum absolute atomic E-state index is 0.0269. The molecule has 4 nitrogen and oxygen atoms in total. The van der Waals surface area contributed by atoms with Crippen molar-refractivity contribution < 1.29 is 13.9 Å². The molecule has 0 bridgehead atoms. The molecular weight excluding hydrogens is 278 g/mol. The summed E-state index contributed by atoms with van der Waals surface area (Å²) in [6.07, 6.45) is 1.03. The average Bonchev–Trinajstić information content (AvgIpc) is 3.14. The van der Waals surface area contributed by atoms with Crippen LogP contribution >= 0.6 is 0 Å². The van der Waals surface area contributed by atoms with Crippen LogP contribution in [0.25, 0.3) is 11.0 Å². The Kier molecular flexibility index (Phi) is 4.21. The molecule has 1 saturated heterocycles. The summed E-state index contributed by atoms with van der Waals surface area (Å²) in [4.78, 5) is 14.6. The average molecular weight is 301 g/mol. The number of furan rings is 1. The van der Waals surface area contributed by atoms with E-state index in [1.54, 1.807) is 0 Å². The summed E-state index contributed by atoms with van der Waals surface area (Å²) in [7, 11) is 0. The third kappa shape index (κ3) is 2.88. The Hall–Kier alpha value is -1.81. The Labute approximate surface area is 131 Å². The van der Waals surface area contributed by atoms with Gasteiger partial charge in [0, 0.05) is 31.0 Å². The molecule has 22 heavy (non-hydrogen) atoms. The molecule has 3 rings (SSSR count). The molecule has 2 aromatic rings. The van der Waals surface area contributed by atoms with Crippen molar-refractivity contribution in [3.8, 4) is 0 Å². The first kappa shape index (κ1) is 15.1. The maximum absolute atomic E-state index is 12.7. The van der Waals surface area contributed by atoms with E-state index in [9.17, 15) is 4.79 Å². The van der Waals surface area contributed by atoms with E-state index in [0.29, 0.717) is 18.2 Å². The SMILES string of the molecule is CCN(C[C@@H]1CCOC1)C(=O)c1cc2cc(C)c(C)cc2o1. The third-order valence-corrected chi connectivity index (χ3v) is 4.51. The zero-order valence-electron chi connectivity index (χ0n) is 13.5. The molecule has 0 saturated carbocycles. The molecular formula is C18H23NO3. The number of hydrogen-bond acceptors (Lipinski definition) is 3. The molecule has 0 N–H and O–H groups in total. The smallest absolute Gasteiger partial charge is 0.289 e. The van der Waals surface area contributed by atoms with Crippen molar-refractivity contribution in [3.63, 3.8) is 0 Å². The van der Waals surface area contributed by atoms with E-state index in [4.69, 9.17) is 9.15 Å². The van der Waals surface area contributed by atoms with Crippen LogP contribution in [0.3, 0.4) is 0 Å². The highest BCUT2D eigenvalue weighted by atomic mass is 16.5. The maximum atomic E-state index is 12.7. The van der Waals surface area contributed by atoms with Gasteiger partial charge in [-0.05, 0) is 56.5 Å². The fraction of sp³-hybridized carbons (Fsp3) is 0.500. The van der Waals surface area contributed by atoms with Gasteiger partial charge in [0.05, 0.1) is 6.61 Å². The van der Waals surface area contributed by atoms with Crippen molar-refractivity contribution in [2.24, 2.45) is 5.92 Å². The van der Waals surface area contributed by atoms with Crippen LogP contribution < -0.4 is 0 Å².